The standard InChI is InChI=1S/C14H14N6O/c15-13-18-14(20-19-13)17-10-3-5-12(6-4-10)21-11-2-1-8-16-9-7-11/h1,3-9H,2H2,(H4,15,17,18,19,20). The SMILES string of the molecule is Nc1nc(Nc2ccc(OC3=CC=NC=CC3)cc2)n[nH]1. The number of nitrogens with one attached hydrogen (secondary N) is 2. The van der Waals surface area contributed by atoms with E-state index in [1.807, 2.05) is 36.4 Å². The van der Waals surface area contributed by atoms with Gasteiger partial charge in [0.1, 0.15) is 11.5 Å². The molecule has 4 N–H and O–H groups in total. The second-order valence-electron chi connectivity index (χ2n) is 4.32. The summed E-state index contributed by atoms with van der Waals surface area (Å²) in [6, 6.07) is 7.49. The largest absolute Gasteiger partial charge is 0.461 e. The Labute approximate surface area is 121 Å². The topological polar surface area (TPSA) is 101 Å². The predicted octanol–water partition coefficient (Wildman–Crippen LogP) is 2.38. The highest BCUT2D eigenvalue weighted by atomic mass is 16.5. The number of benzene rings is 1. The summed E-state index contributed by atoms with van der Waals surface area (Å²) in [4.78, 5) is 8.00. The molecular formula is C14H14N6O. The third kappa shape index (κ3) is 3.47. The number of aliphatic imine (C=N–C) groups is 1. The molecule has 1 aromatic heterocycles. The van der Waals surface area contributed by atoms with E-state index < -0.39 is 0 Å². The molecule has 106 valence electrons. The van der Waals surface area contributed by atoms with Crippen LogP contribution in [0.3, 0.4) is 0 Å². The van der Waals surface area contributed by atoms with Crippen molar-refractivity contribution < 1.29 is 4.74 Å². The molecule has 1 aromatic carbocycles. The van der Waals surface area contributed by atoms with Crippen molar-refractivity contribution in [1.82, 2.24) is 15.2 Å². The molecular weight excluding hydrogens is 268 g/mol. The van der Waals surface area contributed by atoms with Crippen LogP contribution in [0, 0.1) is 0 Å². The fourth-order valence-corrected chi connectivity index (χ4v) is 1.77. The summed E-state index contributed by atoms with van der Waals surface area (Å²) in [6.45, 7) is 0. The third-order valence-corrected chi connectivity index (χ3v) is 2.72. The molecule has 0 radical (unpaired) electrons. The molecule has 0 saturated heterocycles. The molecule has 0 atom stereocenters. The van der Waals surface area contributed by atoms with E-state index in [2.05, 4.69) is 25.5 Å². The number of nitrogen functional groups attached to an aromatic ring is 1. The van der Waals surface area contributed by atoms with Crippen LogP contribution in [0.25, 0.3) is 0 Å². The number of nitrogens with two attached hydrogens (primary N) is 1. The number of anilines is 3. The Bertz CT molecular complexity index is 699. The molecule has 2 heterocycles. The van der Waals surface area contributed by atoms with Crippen LogP contribution in [0.15, 0.2) is 53.4 Å². The normalized spacial score (nSPS) is 13.6. The van der Waals surface area contributed by atoms with Crippen molar-refractivity contribution in [2.45, 2.75) is 6.42 Å². The van der Waals surface area contributed by atoms with E-state index in [0.29, 0.717) is 5.95 Å². The molecule has 2 aromatic rings. The molecule has 21 heavy (non-hydrogen) atoms. The molecule has 1 aliphatic heterocycles. The fraction of sp³-hybridized carbons (Fsp3) is 0.0714. The lowest BCUT2D eigenvalue weighted by atomic mass is 10.3. The maximum absolute atomic E-state index is 5.78. The number of nitrogens with zero attached hydrogens (tertiary/aromatic N) is 3. The first-order valence-electron chi connectivity index (χ1n) is 6.40. The first-order valence-corrected chi connectivity index (χ1v) is 6.40. The van der Waals surface area contributed by atoms with Crippen molar-refractivity contribution in [2.24, 2.45) is 4.99 Å². The number of hydrogen-bond donors (Lipinski definition) is 3. The molecule has 7 heteroatoms. The van der Waals surface area contributed by atoms with Crippen molar-refractivity contribution >= 4 is 23.8 Å². The van der Waals surface area contributed by atoms with E-state index in [1.54, 1.807) is 12.4 Å². The molecule has 0 spiro atoms. The number of aromatic nitrogens is 3. The average molecular weight is 282 g/mol. The summed E-state index contributed by atoms with van der Waals surface area (Å²) in [7, 11) is 0. The van der Waals surface area contributed by atoms with Crippen LogP contribution >= 0.6 is 0 Å². The first kappa shape index (κ1) is 12.9. The van der Waals surface area contributed by atoms with Crippen LogP contribution in [0.2, 0.25) is 0 Å². The van der Waals surface area contributed by atoms with Gasteiger partial charge >= 0.3 is 0 Å². The van der Waals surface area contributed by atoms with Gasteiger partial charge in [-0.2, -0.15) is 4.98 Å². The Kier molecular flexibility index (Phi) is 3.64. The molecule has 0 aliphatic carbocycles. The first-order chi connectivity index (χ1) is 10.3. The zero-order chi connectivity index (χ0) is 14.5. The van der Waals surface area contributed by atoms with E-state index in [9.17, 15) is 0 Å². The van der Waals surface area contributed by atoms with Gasteiger partial charge in [0.15, 0.2) is 0 Å². The molecule has 1 aliphatic rings. The number of H-pyrrole nitrogens is 1. The number of allylic oxidation sites excluding steroid dienone is 2. The summed E-state index contributed by atoms with van der Waals surface area (Å²) in [5.74, 6) is 2.29. The minimum atomic E-state index is 0.271. The van der Waals surface area contributed by atoms with Gasteiger partial charge in [0.05, 0.1) is 0 Å². The summed E-state index contributed by atoms with van der Waals surface area (Å²) >= 11 is 0. The fourth-order valence-electron chi connectivity index (χ4n) is 1.77. The maximum atomic E-state index is 5.78. The zero-order valence-corrected chi connectivity index (χ0v) is 11.2. The number of rotatable bonds is 4. The van der Waals surface area contributed by atoms with Gasteiger partial charge in [0.25, 0.3) is 0 Å². The van der Waals surface area contributed by atoms with Crippen molar-refractivity contribution in [3.05, 3.63) is 48.4 Å². The summed E-state index contributed by atoms with van der Waals surface area (Å²) < 4.78 is 5.78. The van der Waals surface area contributed by atoms with Gasteiger partial charge in [0, 0.05) is 24.5 Å². The Morgan fingerprint density at radius 1 is 1.24 bits per heavy atom. The minimum Gasteiger partial charge on any atom is -0.461 e. The van der Waals surface area contributed by atoms with E-state index in [-0.39, 0.29) is 5.95 Å². The Hall–Kier alpha value is -3.09. The van der Waals surface area contributed by atoms with Crippen LogP contribution in [-0.2, 0) is 0 Å². The third-order valence-electron chi connectivity index (χ3n) is 2.72. The number of hydrogen-bond acceptors (Lipinski definition) is 6. The summed E-state index contributed by atoms with van der Waals surface area (Å²) in [6.07, 6.45) is 7.98. The molecule has 0 amide bonds. The quantitative estimate of drug-likeness (QED) is 0.799. The molecule has 0 saturated carbocycles. The highest BCUT2D eigenvalue weighted by Gasteiger charge is 2.03. The lowest BCUT2D eigenvalue weighted by molar-refractivity contribution is 0.417. The highest BCUT2D eigenvalue weighted by Crippen LogP contribution is 2.21. The zero-order valence-electron chi connectivity index (χ0n) is 11.2. The molecule has 0 fully saturated rings. The van der Waals surface area contributed by atoms with Gasteiger partial charge < -0.3 is 15.8 Å². The molecule has 3 rings (SSSR count). The van der Waals surface area contributed by atoms with Crippen LogP contribution in [0.5, 0.6) is 5.75 Å². The number of aromatic amines is 1. The highest BCUT2D eigenvalue weighted by molar-refractivity contribution is 5.73. The minimum absolute atomic E-state index is 0.271. The van der Waals surface area contributed by atoms with E-state index >= 15 is 0 Å². The van der Waals surface area contributed by atoms with Crippen molar-refractivity contribution in [3.63, 3.8) is 0 Å². The van der Waals surface area contributed by atoms with E-state index in [1.165, 1.54) is 0 Å². The lowest BCUT2D eigenvalue weighted by Gasteiger charge is -2.08. The van der Waals surface area contributed by atoms with Gasteiger partial charge in [-0.05, 0) is 30.3 Å². The monoisotopic (exact) mass is 282 g/mol. The Balaban J connectivity index is 1.65. The summed E-state index contributed by atoms with van der Waals surface area (Å²) in [5, 5.41) is 9.50. The van der Waals surface area contributed by atoms with Crippen LogP contribution < -0.4 is 15.8 Å². The molecule has 0 unspecified atom stereocenters. The van der Waals surface area contributed by atoms with E-state index in [0.717, 1.165) is 23.6 Å². The summed E-state index contributed by atoms with van der Waals surface area (Å²) in [5.41, 5.74) is 6.31. The van der Waals surface area contributed by atoms with E-state index in [4.69, 9.17) is 10.5 Å². The molecule has 0 bridgehead atoms. The maximum Gasteiger partial charge on any atom is 0.248 e. The van der Waals surface area contributed by atoms with Gasteiger partial charge in [0.2, 0.25) is 11.9 Å². The second kappa shape index (κ2) is 5.91. The van der Waals surface area contributed by atoms with Crippen LogP contribution in [0.1, 0.15) is 6.42 Å². The predicted molar refractivity (Wildman–Crippen MR) is 81.5 cm³/mol. The lowest BCUT2D eigenvalue weighted by Crippen LogP contribution is -1.96. The second-order valence-corrected chi connectivity index (χ2v) is 4.32. The molecule has 7 nitrogen and oxygen atoms in total. The van der Waals surface area contributed by atoms with Gasteiger partial charge in [-0.3, -0.25) is 4.99 Å². The van der Waals surface area contributed by atoms with Gasteiger partial charge in [-0.25, -0.2) is 5.10 Å². The van der Waals surface area contributed by atoms with Crippen LogP contribution in [-0.4, -0.2) is 21.4 Å². The Morgan fingerprint density at radius 3 is 2.86 bits per heavy atom. The average Bonchev–Trinajstić information content (AvgIpc) is 2.74. The van der Waals surface area contributed by atoms with Gasteiger partial charge in [-0.15, -0.1) is 5.10 Å². The van der Waals surface area contributed by atoms with Crippen molar-refractivity contribution in [1.29, 1.82) is 0 Å². The Morgan fingerprint density at radius 2 is 2.10 bits per heavy atom. The van der Waals surface area contributed by atoms with Crippen LogP contribution in [0.4, 0.5) is 17.6 Å². The van der Waals surface area contributed by atoms with Crippen molar-refractivity contribution in [3.8, 4) is 5.75 Å². The van der Waals surface area contributed by atoms with Gasteiger partial charge in [-0.1, -0.05) is 6.08 Å². The smallest absolute Gasteiger partial charge is 0.248 e. The number of ether oxygens (including phenoxy) is 1. The van der Waals surface area contributed by atoms with Crippen molar-refractivity contribution in [2.75, 3.05) is 11.1 Å².